The van der Waals surface area contributed by atoms with E-state index in [1.165, 1.54) is 52.8 Å². The van der Waals surface area contributed by atoms with Gasteiger partial charge in [-0.1, -0.05) is 18.6 Å². The lowest BCUT2D eigenvalue weighted by Crippen LogP contribution is -2.41. The lowest BCUT2D eigenvalue weighted by molar-refractivity contribution is -0.123. The maximum Gasteiger partial charge on any atom is 0.405 e. The predicted molar refractivity (Wildman–Crippen MR) is 116 cm³/mol. The molecular formula is C22H24F3N3O4S. The number of nitrogens with zero attached hydrogens (tertiary/aromatic N) is 1. The highest BCUT2D eigenvalue weighted by Gasteiger charge is 2.31. The number of hydrogen-bond acceptors (Lipinski definition) is 4. The first-order valence-corrected chi connectivity index (χ1v) is 11.8. The number of halogens is 3. The number of piperidine rings is 1. The molecule has 1 saturated heterocycles. The zero-order chi connectivity index (χ0) is 24.2. The van der Waals surface area contributed by atoms with Crippen molar-refractivity contribution < 1.29 is 31.2 Å². The molecule has 2 amide bonds. The number of benzene rings is 2. The summed E-state index contributed by atoms with van der Waals surface area (Å²) in [5.41, 5.74) is 0.0283. The predicted octanol–water partition coefficient (Wildman–Crippen LogP) is 3.79. The van der Waals surface area contributed by atoms with Gasteiger partial charge in [-0.25, -0.2) is 8.42 Å². The average Bonchev–Trinajstić information content (AvgIpc) is 2.77. The molecule has 3 rings (SSSR count). The van der Waals surface area contributed by atoms with Crippen LogP contribution in [0.5, 0.6) is 0 Å². The van der Waals surface area contributed by atoms with Gasteiger partial charge in [-0.3, -0.25) is 9.59 Å². The van der Waals surface area contributed by atoms with Crippen molar-refractivity contribution in [1.82, 2.24) is 9.62 Å². The Morgan fingerprint density at radius 2 is 1.70 bits per heavy atom. The van der Waals surface area contributed by atoms with Crippen LogP contribution < -0.4 is 10.6 Å². The summed E-state index contributed by atoms with van der Waals surface area (Å²) in [4.78, 5) is 24.8. The van der Waals surface area contributed by atoms with Gasteiger partial charge in [-0.05, 0) is 56.2 Å². The molecule has 1 aliphatic rings. The quantitative estimate of drug-likeness (QED) is 0.654. The summed E-state index contributed by atoms with van der Waals surface area (Å²) in [7, 11) is -3.69. The second-order valence-electron chi connectivity index (χ2n) is 7.78. The fourth-order valence-electron chi connectivity index (χ4n) is 3.60. The van der Waals surface area contributed by atoms with Gasteiger partial charge in [-0.15, -0.1) is 0 Å². The first-order chi connectivity index (χ1) is 15.5. The van der Waals surface area contributed by atoms with E-state index in [-0.39, 0.29) is 27.8 Å². The molecule has 0 radical (unpaired) electrons. The molecule has 0 aliphatic carbocycles. The minimum Gasteiger partial charge on any atom is -0.343 e. The van der Waals surface area contributed by atoms with Gasteiger partial charge in [-0.2, -0.15) is 17.5 Å². The number of rotatable bonds is 6. The zero-order valence-electron chi connectivity index (χ0n) is 17.9. The third-order valence-corrected chi connectivity index (χ3v) is 7.36. The van der Waals surface area contributed by atoms with Gasteiger partial charge in [0.15, 0.2) is 0 Å². The molecule has 33 heavy (non-hydrogen) atoms. The van der Waals surface area contributed by atoms with Crippen LogP contribution in [0.3, 0.4) is 0 Å². The minimum absolute atomic E-state index is 0.0287. The van der Waals surface area contributed by atoms with Crippen molar-refractivity contribution in [2.45, 2.75) is 43.3 Å². The van der Waals surface area contributed by atoms with Crippen LogP contribution >= 0.6 is 0 Å². The molecule has 1 aliphatic heterocycles. The maximum absolute atomic E-state index is 12.9. The number of hydrogen-bond donors (Lipinski definition) is 2. The van der Waals surface area contributed by atoms with Crippen molar-refractivity contribution in [3.05, 3.63) is 59.7 Å². The molecule has 0 saturated carbocycles. The van der Waals surface area contributed by atoms with Crippen LogP contribution in [0.2, 0.25) is 0 Å². The molecule has 11 heteroatoms. The fraction of sp³-hybridized carbons (Fsp3) is 0.364. The normalized spacial score (nSPS) is 17.4. The van der Waals surface area contributed by atoms with E-state index < -0.39 is 34.6 Å². The third kappa shape index (κ3) is 6.11. The van der Waals surface area contributed by atoms with Crippen LogP contribution in [0.15, 0.2) is 53.4 Å². The monoisotopic (exact) mass is 483 g/mol. The highest BCUT2D eigenvalue weighted by Crippen LogP contribution is 2.25. The lowest BCUT2D eigenvalue weighted by atomic mass is 10.1. The Labute approximate surface area is 190 Å². The molecular weight excluding hydrogens is 459 g/mol. The number of carbonyl (C=O) groups is 2. The van der Waals surface area contributed by atoms with Crippen LogP contribution in [-0.4, -0.2) is 49.8 Å². The van der Waals surface area contributed by atoms with E-state index in [0.29, 0.717) is 6.54 Å². The standard InChI is InChI=1S/C22H24F3N3O4S/c1-15-6-4-5-13-28(15)33(31,32)17-11-9-16(10-12-17)20(29)27-19-8-3-2-7-18(19)21(30)26-14-22(23,24)25/h2-3,7-12,15H,4-6,13-14H2,1H3,(H,26,30)(H,27,29). The van der Waals surface area contributed by atoms with Crippen molar-refractivity contribution in [3.63, 3.8) is 0 Å². The average molecular weight is 484 g/mol. The Kier molecular flexibility index (Phi) is 7.43. The highest BCUT2D eigenvalue weighted by molar-refractivity contribution is 7.89. The molecule has 2 aromatic rings. The summed E-state index contributed by atoms with van der Waals surface area (Å²) >= 11 is 0. The number of anilines is 1. The maximum atomic E-state index is 12.9. The highest BCUT2D eigenvalue weighted by atomic mass is 32.2. The lowest BCUT2D eigenvalue weighted by Gasteiger charge is -2.32. The summed E-state index contributed by atoms with van der Waals surface area (Å²) in [6, 6.07) is 10.9. The van der Waals surface area contributed by atoms with E-state index in [1.54, 1.807) is 5.32 Å². The Bertz CT molecular complexity index is 1120. The van der Waals surface area contributed by atoms with Gasteiger partial charge in [0, 0.05) is 18.2 Å². The van der Waals surface area contributed by atoms with E-state index in [1.807, 2.05) is 6.92 Å². The van der Waals surface area contributed by atoms with Crippen LogP contribution in [0.25, 0.3) is 0 Å². The number of sulfonamides is 1. The van der Waals surface area contributed by atoms with E-state index >= 15 is 0 Å². The number of nitrogens with one attached hydrogen (secondary N) is 2. The Balaban J connectivity index is 1.74. The van der Waals surface area contributed by atoms with Crippen LogP contribution in [0.4, 0.5) is 18.9 Å². The Morgan fingerprint density at radius 3 is 2.33 bits per heavy atom. The van der Waals surface area contributed by atoms with Gasteiger partial charge >= 0.3 is 6.18 Å². The SMILES string of the molecule is CC1CCCCN1S(=O)(=O)c1ccc(C(=O)Nc2ccccc2C(=O)NCC(F)(F)F)cc1. The smallest absolute Gasteiger partial charge is 0.343 e. The third-order valence-electron chi connectivity index (χ3n) is 5.33. The van der Waals surface area contributed by atoms with Gasteiger partial charge in [0.2, 0.25) is 10.0 Å². The second kappa shape index (κ2) is 9.92. The molecule has 0 spiro atoms. The number of amides is 2. The van der Waals surface area contributed by atoms with Crippen LogP contribution in [0, 0.1) is 0 Å². The fourth-order valence-corrected chi connectivity index (χ4v) is 5.30. The summed E-state index contributed by atoms with van der Waals surface area (Å²) in [5.74, 6) is -1.62. The number of alkyl halides is 3. The summed E-state index contributed by atoms with van der Waals surface area (Å²) in [6.07, 6.45) is -2.01. The molecule has 1 unspecified atom stereocenters. The van der Waals surface area contributed by atoms with Gasteiger partial charge in [0.25, 0.3) is 11.8 Å². The molecule has 178 valence electrons. The first-order valence-electron chi connectivity index (χ1n) is 10.4. The minimum atomic E-state index is -4.57. The van der Waals surface area contributed by atoms with Crippen LogP contribution in [0.1, 0.15) is 46.9 Å². The molecule has 7 nitrogen and oxygen atoms in total. The second-order valence-corrected chi connectivity index (χ2v) is 9.67. The molecule has 0 aromatic heterocycles. The largest absolute Gasteiger partial charge is 0.405 e. The zero-order valence-corrected chi connectivity index (χ0v) is 18.7. The van der Waals surface area contributed by atoms with Gasteiger partial charge in [0.1, 0.15) is 6.54 Å². The summed E-state index contributed by atoms with van der Waals surface area (Å²) in [5, 5.41) is 4.26. The van der Waals surface area contributed by atoms with E-state index in [4.69, 9.17) is 0 Å². The van der Waals surface area contributed by atoms with Crippen molar-refractivity contribution in [2.75, 3.05) is 18.4 Å². The molecule has 2 N–H and O–H groups in total. The molecule has 2 aromatic carbocycles. The van der Waals surface area contributed by atoms with Gasteiger partial charge in [0.05, 0.1) is 16.1 Å². The number of carbonyl (C=O) groups excluding carboxylic acids is 2. The Morgan fingerprint density at radius 1 is 1.03 bits per heavy atom. The van der Waals surface area contributed by atoms with Crippen molar-refractivity contribution in [3.8, 4) is 0 Å². The Hall–Kier alpha value is -2.92. The molecule has 0 bridgehead atoms. The summed E-state index contributed by atoms with van der Waals surface area (Å²) < 4.78 is 64.5. The van der Waals surface area contributed by atoms with Crippen molar-refractivity contribution in [1.29, 1.82) is 0 Å². The topological polar surface area (TPSA) is 95.6 Å². The first kappa shape index (κ1) is 24.7. The van der Waals surface area contributed by atoms with Gasteiger partial charge < -0.3 is 10.6 Å². The van der Waals surface area contributed by atoms with Crippen molar-refractivity contribution in [2.24, 2.45) is 0 Å². The summed E-state index contributed by atoms with van der Waals surface area (Å²) in [6.45, 7) is 0.805. The van der Waals surface area contributed by atoms with Crippen molar-refractivity contribution >= 4 is 27.5 Å². The molecule has 1 atom stereocenters. The number of para-hydroxylation sites is 1. The van der Waals surface area contributed by atoms with E-state index in [0.717, 1.165) is 19.3 Å². The van der Waals surface area contributed by atoms with Crippen LogP contribution in [-0.2, 0) is 10.0 Å². The molecule has 1 fully saturated rings. The van der Waals surface area contributed by atoms with E-state index in [9.17, 15) is 31.2 Å². The van der Waals surface area contributed by atoms with E-state index in [2.05, 4.69) is 5.32 Å². The molecule has 1 heterocycles.